The van der Waals surface area contributed by atoms with Crippen molar-refractivity contribution in [3.05, 3.63) is 18.9 Å². The lowest BCUT2D eigenvalue weighted by molar-refractivity contribution is 0.591. The van der Waals surface area contributed by atoms with E-state index >= 15 is 0 Å². The van der Waals surface area contributed by atoms with E-state index in [1.807, 2.05) is 6.33 Å². The number of rotatable bonds is 6. The van der Waals surface area contributed by atoms with Gasteiger partial charge in [0.25, 0.3) is 0 Å². The monoisotopic (exact) mass is 282 g/mol. The van der Waals surface area contributed by atoms with E-state index < -0.39 is 0 Å². The molecule has 2 heterocycles. The summed E-state index contributed by atoms with van der Waals surface area (Å²) in [7, 11) is 0. The molecule has 2 aromatic rings. The maximum absolute atomic E-state index is 4.26. The second-order valence-electron chi connectivity index (χ2n) is 3.77. The van der Waals surface area contributed by atoms with Crippen molar-refractivity contribution in [2.75, 3.05) is 5.33 Å². The van der Waals surface area contributed by atoms with Crippen LogP contribution in [0, 0.1) is 0 Å². The molecule has 0 fully saturated rings. The van der Waals surface area contributed by atoms with Crippen LogP contribution in [-0.2, 0) is 6.54 Å². The summed E-state index contributed by atoms with van der Waals surface area (Å²) in [4.78, 5) is 12.5. The number of unbranched alkanes of at least 4 members (excludes halogenated alkanes) is 3. The summed E-state index contributed by atoms with van der Waals surface area (Å²) in [5, 5.41) is 1.11. The van der Waals surface area contributed by atoms with Gasteiger partial charge in [-0.15, -0.1) is 0 Å². The second-order valence-corrected chi connectivity index (χ2v) is 4.57. The van der Waals surface area contributed by atoms with Gasteiger partial charge in [0, 0.05) is 11.9 Å². The minimum atomic E-state index is 0.878. The van der Waals surface area contributed by atoms with Crippen molar-refractivity contribution in [3.63, 3.8) is 0 Å². The fourth-order valence-corrected chi connectivity index (χ4v) is 2.11. The molecule has 0 atom stereocenters. The molecular weight excluding hydrogens is 268 g/mol. The van der Waals surface area contributed by atoms with Crippen LogP contribution in [0.25, 0.3) is 11.2 Å². The van der Waals surface area contributed by atoms with Crippen LogP contribution in [0.4, 0.5) is 0 Å². The molecule has 0 spiro atoms. The molecule has 5 heteroatoms. The molecule has 0 unspecified atom stereocenters. The van der Waals surface area contributed by atoms with Gasteiger partial charge >= 0.3 is 0 Å². The maximum atomic E-state index is 4.26. The average molecular weight is 283 g/mol. The molecule has 4 nitrogen and oxygen atoms in total. The number of fused-ring (bicyclic) bond motifs is 1. The van der Waals surface area contributed by atoms with Gasteiger partial charge in [0.2, 0.25) is 0 Å². The molecule has 0 N–H and O–H groups in total. The number of hydrogen-bond donors (Lipinski definition) is 0. The Morgan fingerprint density at radius 3 is 2.88 bits per heavy atom. The molecule has 0 aliphatic carbocycles. The Labute approximate surface area is 103 Å². The molecule has 16 heavy (non-hydrogen) atoms. The smallest absolute Gasteiger partial charge is 0.163 e. The SMILES string of the molecule is BrCCCCCCn1cnc2cncnc21. The Kier molecular flexibility index (Phi) is 4.27. The van der Waals surface area contributed by atoms with Crippen LogP contribution in [0.2, 0.25) is 0 Å². The number of aromatic nitrogens is 4. The third kappa shape index (κ3) is 2.78. The molecule has 0 amide bonds. The van der Waals surface area contributed by atoms with Crippen LogP contribution in [0.15, 0.2) is 18.9 Å². The summed E-state index contributed by atoms with van der Waals surface area (Å²) < 4.78 is 2.10. The molecule has 0 saturated heterocycles. The molecule has 2 rings (SSSR count). The van der Waals surface area contributed by atoms with E-state index in [9.17, 15) is 0 Å². The Morgan fingerprint density at radius 2 is 2.00 bits per heavy atom. The Balaban J connectivity index is 1.89. The number of nitrogens with zero attached hydrogens (tertiary/aromatic N) is 4. The number of alkyl halides is 1. The zero-order chi connectivity index (χ0) is 11.2. The highest BCUT2D eigenvalue weighted by Gasteiger charge is 2.02. The van der Waals surface area contributed by atoms with Gasteiger partial charge in [-0.05, 0) is 12.8 Å². The first kappa shape index (κ1) is 11.5. The van der Waals surface area contributed by atoms with Gasteiger partial charge in [0.05, 0.1) is 12.5 Å². The second kappa shape index (κ2) is 5.94. The zero-order valence-corrected chi connectivity index (χ0v) is 10.7. The van der Waals surface area contributed by atoms with Gasteiger partial charge in [0.15, 0.2) is 5.65 Å². The molecular formula is C11H15BrN4. The minimum absolute atomic E-state index is 0.878. The molecule has 0 aliphatic rings. The first-order valence-corrected chi connectivity index (χ1v) is 6.71. The lowest BCUT2D eigenvalue weighted by Crippen LogP contribution is -1.97. The lowest BCUT2D eigenvalue weighted by Gasteiger charge is -2.02. The number of imidazole rings is 1. The normalized spacial score (nSPS) is 11.1. The predicted molar refractivity (Wildman–Crippen MR) is 67.6 cm³/mol. The lowest BCUT2D eigenvalue weighted by atomic mass is 10.2. The van der Waals surface area contributed by atoms with Crippen LogP contribution >= 0.6 is 15.9 Å². The van der Waals surface area contributed by atoms with Crippen molar-refractivity contribution in [3.8, 4) is 0 Å². The van der Waals surface area contributed by atoms with Crippen LogP contribution < -0.4 is 0 Å². The van der Waals surface area contributed by atoms with E-state index in [0.29, 0.717) is 0 Å². The molecule has 2 aromatic heterocycles. The summed E-state index contributed by atoms with van der Waals surface area (Å²) in [5.41, 5.74) is 1.82. The molecule has 0 aromatic carbocycles. The third-order valence-corrected chi connectivity index (χ3v) is 3.12. The fourth-order valence-electron chi connectivity index (χ4n) is 1.71. The average Bonchev–Trinajstić information content (AvgIpc) is 2.73. The van der Waals surface area contributed by atoms with E-state index in [2.05, 4.69) is 35.4 Å². The van der Waals surface area contributed by atoms with Crippen molar-refractivity contribution < 1.29 is 0 Å². The van der Waals surface area contributed by atoms with Crippen molar-refractivity contribution >= 4 is 27.1 Å². The fraction of sp³-hybridized carbons (Fsp3) is 0.545. The van der Waals surface area contributed by atoms with Gasteiger partial charge in [-0.1, -0.05) is 28.8 Å². The zero-order valence-electron chi connectivity index (χ0n) is 9.14. The van der Waals surface area contributed by atoms with Gasteiger partial charge in [-0.2, -0.15) is 0 Å². The summed E-state index contributed by atoms with van der Waals surface area (Å²) >= 11 is 3.44. The number of aryl methyl sites for hydroxylation is 1. The van der Waals surface area contributed by atoms with Crippen LogP contribution in [0.1, 0.15) is 25.7 Å². The Morgan fingerprint density at radius 1 is 1.12 bits per heavy atom. The highest BCUT2D eigenvalue weighted by Crippen LogP contribution is 2.10. The van der Waals surface area contributed by atoms with Crippen molar-refractivity contribution in [2.24, 2.45) is 0 Å². The quantitative estimate of drug-likeness (QED) is 0.605. The summed E-state index contributed by atoms with van der Waals surface area (Å²) in [6, 6.07) is 0. The molecule has 0 bridgehead atoms. The number of halogens is 1. The van der Waals surface area contributed by atoms with Crippen molar-refractivity contribution in [2.45, 2.75) is 32.2 Å². The minimum Gasteiger partial charge on any atom is -0.315 e. The van der Waals surface area contributed by atoms with Gasteiger partial charge in [-0.3, -0.25) is 0 Å². The van der Waals surface area contributed by atoms with Gasteiger partial charge < -0.3 is 4.57 Å². The highest BCUT2D eigenvalue weighted by atomic mass is 79.9. The molecule has 0 aliphatic heterocycles. The van der Waals surface area contributed by atoms with Gasteiger partial charge in [-0.25, -0.2) is 15.0 Å². The van der Waals surface area contributed by atoms with Crippen LogP contribution in [0.3, 0.4) is 0 Å². The molecule has 0 saturated carbocycles. The molecule has 0 radical (unpaired) electrons. The Bertz CT molecular complexity index is 440. The van der Waals surface area contributed by atoms with Crippen LogP contribution in [0.5, 0.6) is 0 Å². The van der Waals surface area contributed by atoms with E-state index in [0.717, 1.165) is 23.0 Å². The largest absolute Gasteiger partial charge is 0.315 e. The topological polar surface area (TPSA) is 43.6 Å². The van der Waals surface area contributed by atoms with Gasteiger partial charge in [0.1, 0.15) is 11.8 Å². The maximum Gasteiger partial charge on any atom is 0.163 e. The van der Waals surface area contributed by atoms with Crippen LogP contribution in [-0.4, -0.2) is 24.8 Å². The van der Waals surface area contributed by atoms with E-state index in [-0.39, 0.29) is 0 Å². The standard InChI is InChI=1S/C11H15BrN4/c12-5-3-1-2-4-6-16-9-15-10-7-13-8-14-11(10)16/h7-9H,1-6H2. The first-order chi connectivity index (χ1) is 7.92. The van der Waals surface area contributed by atoms with Crippen molar-refractivity contribution in [1.82, 2.24) is 19.5 Å². The summed E-state index contributed by atoms with van der Waals surface area (Å²) in [5.74, 6) is 0. The Hall–Kier alpha value is -0.970. The predicted octanol–water partition coefficient (Wildman–Crippen LogP) is 2.78. The summed E-state index contributed by atoms with van der Waals surface area (Å²) in [6.45, 7) is 0.996. The van der Waals surface area contributed by atoms with E-state index in [1.165, 1.54) is 25.7 Å². The van der Waals surface area contributed by atoms with E-state index in [4.69, 9.17) is 0 Å². The highest BCUT2D eigenvalue weighted by molar-refractivity contribution is 9.09. The van der Waals surface area contributed by atoms with E-state index in [1.54, 1.807) is 12.5 Å². The first-order valence-electron chi connectivity index (χ1n) is 5.58. The summed E-state index contributed by atoms with van der Waals surface area (Å²) in [6.07, 6.45) is 10.2. The van der Waals surface area contributed by atoms with Crippen molar-refractivity contribution in [1.29, 1.82) is 0 Å². The number of hydrogen-bond acceptors (Lipinski definition) is 3. The molecule has 86 valence electrons. The third-order valence-electron chi connectivity index (χ3n) is 2.56.